The first kappa shape index (κ1) is 16.5. The van der Waals surface area contributed by atoms with E-state index in [1.807, 2.05) is 6.92 Å². The minimum atomic E-state index is 0.364. The zero-order valence-corrected chi connectivity index (χ0v) is 11.6. The quantitative estimate of drug-likeness (QED) is 0.386. The first-order chi connectivity index (χ1) is 8.41. The van der Waals surface area contributed by atoms with Crippen LogP contribution in [0.3, 0.4) is 0 Å². The van der Waals surface area contributed by atoms with Crippen molar-refractivity contribution in [2.24, 2.45) is 0 Å². The minimum absolute atomic E-state index is 0.364. The van der Waals surface area contributed by atoms with Crippen molar-refractivity contribution >= 4 is 0 Å². The maximum atomic E-state index is 8.64. The Bertz CT molecular complexity index is 187. The molecule has 0 bridgehead atoms. The molecule has 0 aromatic rings. The van der Waals surface area contributed by atoms with Gasteiger partial charge in [-0.05, 0) is 19.8 Å². The highest BCUT2D eigenvalue weighted by Gasteiger charge is 1.92. The Kier molecular flexibility index (Phi) is 15.1. The summed E-state index contributed by atoms with van der Waals surface area (Å²) in [5.74, 6) is 6.06. The molecule has 0 fully saturated rings. The molecule has 0 aromatic heterocycles. The van der Waals surface area contributed by atoms with Crippen molar-refractivity contribution in [1.29, 1.82) is 0 Å². The maximum absolute atomic E-state index is 8.64. The van der Waals surface area contributed by atoms with E-state index >= 15 is 0 Å². The summed E-state index contributed by atoms with van der Waals surface area (Å²) >= 11 is 0. The predicted molar refractivity (Wildman–Crippen MR) is 75.9 cm³/mol. The average molecular weight is 238 g/mol. The van der Waals surface area contributed by atoms with Crippen molar-refractivity contribution in [2.45, 2.75) is 84.0 Å². The third kappa shape index (κ3) is 15.5. The van der Waals surface area contributed by atoms with Gasteiger partial charge in [-0.2, -0.15) is 0 Å². The molecule has 0 aliphatic heterocycles. The number of unbranched alkanes of at least 4 members (excludes halogenated alkanes) is 11. The molecule has 0 radical (unpaired) electrons. The lowest BCUT2D eigenvalue weighted by Crippen LogP contribution is -1.84. The molecule has 0 unspecified atom stereocenters. The van der Waals surface area contributed by atoms with Crippen LogP contribution in [0.15, 0.2) is 0 Å². The van der Waals surface area contributed by atoms with Crippen molar-refractivity contribution in [2.75, 3.05) is 6.61 Å². The van der Waals surface area contributed by atoms with E-state index in [4.69, 9.17) is 5.11 Å². The summed E-state index contributed by atoms with van der Waals surface area (Å²) in [6.45, 7) is 2.28. The molecule has 0 atom stereocenters. The van der Waals surface area contributed by atoms with Crippen molar-refractivity contribution in [1.82, 2.24) is 0 Å². The highest BCUT2D eigenvalue weighted by Crippen LogP contribution is 2.11. The van der Waals surface area contributed by atoms with Crippen LogP contribution < -0.4 is 0 Å². The average Bonchev–Trinajstić information content (AvgIpc) is 2.35. The molecule has 0 rings (SSSR count). The van der Waals surface area contributed by atoms with Crippen LogP contribution in [0.1, 0.15) is 84.0 Å². The minimum Gasteiger partial charge on any atom is -0.396 e. The molecule has 1 nitrogen and oxygen atoms in total. The van der Waals surface area contributed by atoms with Crippen molar-refractivity contribution in [3.8, 4) is 11.8 Å². The largest absolute Gasteiger partial charge is 0.396 e. The zero-order chi connectivity index (χ0) is 12.6. The third-order valence-corrected chi connectivity index (χ3v) is 3.14. The Hall–Kier alpha value is -0.480. The van der Waals surface area contributed by atoms with Crippen LogP contribution in [0.25, 0.3) is 0 Å². The fourth-order valence-corrected chi connectivity index (χ4v) is 2.04. The van der Waals surface area contributed by atoms with Gasteiger partial charge in [-0.15, -0.1) is 11.8 Å². The van der Waals surface area contributed by atoms with Crippen LogP contribution in [-0.2, 0) is 0 Å². The molecule has 0 spiro atoms. The Morgan fingerprint density at radius 1 is 0.647 bits per heavy atom. The van der Waals surface area contributed by atoms with Gasteiger partial charge in [-0.3, -0.25) is 0 Å². The molecule has 1 N–H and O–H groups in total. The van der Waals surface area contributed by atoms with Gasteiger partial charge in [0.15, 0.2) is 0 Å². The zero-order valence-electron chi connectivity index (χ0n) is 11.6. The second kappa shape index (κ2) is 15.5. The van der Waals surface area contributed by atoms with E-state index in [-0.39, 0.29) is 0 Å². The van der Waals surface area contributed by atoms with Crippen molar-refractivity contribution in [3.63, 3.8) is 0 Å². The summed E-state index contributed by atoms with van der Waals surface area (Å²) in [5.41, 5.74) is 0. The summed E-state index contributed by atoms with van der Waals surface area (Å²) in [6, 6.07) is 0. The van der Waals surface area contributed by atoms with Gasteiger partial charge >= 0.3 is 0 Å². The highest BCUT2D eigenvalue weighted by molar-refractivity contribution is 4.94. The topological polar surface area (TPSA) is 20.2 Å². The fraction of sp³-hybridized carbons (Fsp3) is 0.875. The summed E-state index contributed by atoms with van der Waals surface area (Å²) in [4.78, 5) is 0. The lowest BCUT2D eigenvalue weighted by atomic mass is 10.1. The van der Waals surface area contributed by atoms with E-state index in [2.05, 4.69) is 11.8 Å². The normalized spacial score (nSPS) is 10.0. The highest BCUT2D eigenvalue weighted by atomic mass is 16.2. The molecule has 0 aliphatic carbocycles. The monoisotopic (exact) mass is 238 g/mol. The lowest BCUT2D eigenvalue weighted by molar-refractivity contribution is 0.282. The Morgan fingerprint density at radius 3 is 1.47 bits per heavy atom. The van der Waals surface area contributed by atoms with E-state index < -0.39 is 0 Å². The summed E-state index contributed by atoms with van der Waals surface area (Å²) in [7, 11) is 0. The molecular formula is C16H30O. The molecule has 0 aromatic carbocycles. The number of aliphatic hydroxyl groups is 1. The summed E-state index contributed by atoms with van der Waals surface area (Å²) in [5, 5.41) is 8.64. The van der Waals surface area contributed by atoms with Gasteiger partial charge in [-0.25, -0.2) is 0 Å². The molecule has 0 saturated carbocycles. The van der Waals surface area contributed by atoms with Crippen LogP contribution >= 0.6 is 0 Å². The van der Waals surface area contributed by atoms with E-state index in [1.165, 1.54) is 64.2 Å². The van der Waals surface area contributed by atoms with Gasteiger partial charge in [-0.1, -0.05) is 57.8 Å². The lowest BCUT2D eigenvalue weighted by Gasteiger charge is -2.01. The standard InChI is InChI=1S/C16H30O/c1-2-3-4-5-6-7-8-9-10-11-12-13-14-15-16-17/h17H,4-16H2,1H3. The van der Waals surface area contributed by atoms with Gasteiger partial charge in [0.25, 0.3) is 0 Å². The van der Waals surface area contributed by atoms with E-state index in [9.17, 15) is 0 Å². The van der Waals surface area contributed by atoms with Crippen LogP contribution in [0, 0.1) is 11.8 Å². The van der Waals surface area contributed by atoms with E-state index in [1.54, 1.807) is 0 Å². The second-order valence-corrected chi connectivity index (χ2v) is 4.79. The third-order valence-electron chi connectivity index (χ3n) is 3.14. The molecule has 0 aliphatic rings. The predicted octanol–water partition coefficient (Wildman–Crippen LogP) is 4.68. The van der Waals surface area contributed by atoms with Gasteiger partial charge in [0, 0.05) is 13.0 Å². The summed E-state index contributed by atoms with van der Waals surface area (Å²) in [6.07, 6.45) is 15.5. The Morgan fingerprint density at radius 2 is 1.06 bits per heavy atom. The van der Waals surface area contributed by atoms with Crippen LogP contribution in [0.5, 0.6) is 0 Å². The molecule has 0 amide bonds. The van der Waals surface area contributed by atoms with E-state index in [0.29, 0.717) is 6.61 Å². The number of rotatable bonds is 12. The van der Waals surface area contributed by atoms with E-state index in [0.717, 1.165) is 12.8 Å². The molecule has 100 valence electrons. The number of aliphatic hydroxyl groups excluding tert-OH is 1. The van der Waals surface area contributed by atoms with Gasteiger partial charge < -0.3 is 5.11 Å². The number of hydrogen-bond donors (Lipinski definition) is 1. The molecule has 17 heavy (non-hydrogen) atoms. The van der Waals surface area contributed by atoms with Gasteiger partial charge in [0.05, 0.1) is 0 Å². The maximum Gasteiger partial charge on any atom is 0.0431 e. The first-order valence-corrected chi connectivity index (χ1v) is 7.42. The molecule has 1 heteroatoms. The van der Waals surface area contributed by atoms with Crippen LogP contribution in [0.4, 0.5) is 0 Å². The second-order valence-electron chi connectivity index (χ2n) is 4.79. The smallest absolute Gasteiger partial charge is 0.0431 e. The van der Waals surface area contributed by atoms with Crippen molar-refractivity contribution in [3.05, 3.63) is 0 Å². The van der Waals surface area contributed by atoms with Gasteiger partial charge in [0.2, 0.25) is 0 Å². The first-order valence-electron chi connectivity index (χ1n) is 7.42. The SMILES string of the molecule is CC#CCCCCCCCCCCCCCO. The molecule has 0 heterocycles. The van der Waals surface area contributed by atoms with Crippen LogP contribution in [-0.4, -0.2) is 11.7 Å². The molecule has 0 saturated heterocycles. The van der Waals surface area contributed by atoms with Crippen LogP contribution in [0.2, 0.25) is 0 Å². The Balaban J connectivity index is 2.91. The molecular weight excluding hydrogens is 208 g/mol. The summed E-state index contributed by atoms with van der Waals surface area (Å²) < 4.78 is 0. The van der Waals surface area contributed by atoms with Crippen molar-refractivity contribution < 1.29 is 5.11 Å². The fourth-order valence-electron chi connectivity index (χ4n) is 2.04. The Labute approximate surface area is 108 Å². The number of hydrogen-bond acceptors (Lipinski definition) is 1. The van der Waals surface area contributed by atoms with Gasteiger partial charge in [0.1, 0.15) is 0 Å².